The van der Waals surface area contributed by atoms with Crippen molar-refractivity contribution in [3.63, 3.8) is 0 Å². The molecule has 0 aliphatic rings. The van der Waals surface area contributed by atoms with Crippen LogP contribution in [-0.4, -0.2) is 47.1 Å². The van der Waals surface area contributed by atoms with E-state index in [2.05, 4.69) is 5.32 Å². The van der Waals surface area contributed by atoms with Gasteiger partial charge in [-0.25, -0.2) is 0 Å². The zero-order chi connectivity index (χ0) is 13.5. The molecule has 5 nitrogen and oxygen atoms in total. The summed E-state index contributed by atoms with van der Waals surface area (Å²) in [6.45, 7) is 9.08. The molecule has 0 aromatic rings. The Morgan fingerprint density at radius 1 is 1.29 bits per heavy atom. The van der Waals surface area contributed by atoms with Crippen LogP contribution in [0.1, 0.15) is 40.5 Å². The van der Waals surface area contributed by atoms with E-state index in [-0.39, 0.29) is 31.0 Å². The minimum Gasteiger partial charge on any atom is -0.481 e. The summed E-state index contributed by atoms with van der Waals surface area (Å²) in [5.74, 6) is -0.930. The SMILES string of the molecule is CCCNCC(=O)N(CCC(=O)O)C(C)(C)C. The second-order valence-electron chi connectivity index (χ2n) is 5.04. The monoisotopic (exact) mass is 244 g/mol. The lowest BCUT2D eigenvalue weighted by molar-refractivity contribution is -0.140. The predicted octanol–water partition coefficient (Wildman–Crippen LogP) is 1.09. The van der Waals surface area contributed by atoms with Gasteiger partial charge < -0.3 is 15.3 Å². The number of amides is 1. The van der Waals surface area contributed by atoms with Crippen molar-refractivity contribution in [3.05, 3.63) is 0 Å². The van der Waals surface area contributed by atoms with E-state index in [4.69, 9.17) is 5.11 Å². The summed E-state index contributed by atoms with van der Waals surface area (Å²) in [6.07, 6.45) is 0.953. The first-order chi connectivity index (χ1) is 7.79. The van der Waals surface area contributed by atoms with Gasteiger partial charge in [-0.05, 0) is 33.7 Å². The fourth-order valence-corrected chi connectivity index (χ4v) is 1.51. The molecule has 5 heteroatoms. The van der Waals surface area contributed by atoms with Crippen molar-refractivity contribution >= 4 is 11.9 Å². The van der Waals surface area contributed by atoms with Gasteiger partial charge in [-0.3, -0.25) is 9.59 Å². The number of nitrogens with one attached hydrogen (secondary N) is 1. The zero-order valence-electron chi connectivity index (χ0n) is 11.2. The molecule has 0 aromatic heterocycles. The van der Waals surface area contributed by atoms with E-state index in [1.807, 2.05) is 27.7 Å². The Balaban J connectivity index is 4.36. The van der Waals surface area contributed by atoms with Crippen LogP contribution in [0.2, 0.25) is 0 Å². The summed E-state index contributed by atoms with van der Waals surface area (Å²) in [5, 5.41) is 11.7. The molecule has 0 rings (SSSR count). The lowest BCUT2D eigenvalue weighted by atomic mass is 10.1. The molecule has 0 aliphatic heterocycles. The molecule has 0 saturated carbocycles. The number of hydrogen-bond donors (Lipinski definition) is 2. The van der Waals surface area contributed by atoms with Crippen LogP contribution in [-0.2, 0) is 9.59 Å². The molecule has 100 valence electrons. The molecule has 0 spiro atoms. The van der Waals surface area contributed by atoms with Crippen molar-refractivity contribution in [1.29, 1.82) is 0 Å². The van der Waals surface area contributed by atoms with E-state index in [0.717, 1.165) is 13.0 Å². The first-order valence-corrected chi connectivity index (χ1v) is 6.02. The molecule has 0 bridgehead atoms. The summed E-state index contributed by atoms with van der Waals surface area (Å²) in [6, 6.07) is 0. The van der Waals surface area contributed by atoms with Gasteiger partial charge in [-0.2, -0.15) is 0 Å². The molecule has 0 fully saturated rings. The van der Waals surface area contributed by atoms with Crippen molar-refractivity contribution in [2.45, 2.75) is 46.1 Å². The van der Waals surface area contributed by atoms with E-state index in [1.165, 1.54) is 0 Å². The van der Waals surface area contributed by atoms with Crippen LogP contribution in [0, 0.1) is 0 Å². The Morgan fingerprint density at radius 2 is 1.88 bits per heavy atom. The summed E-state index contributed by atoms with van der Waals surface area (Å²) >= 11 is 0. The van der Waals surface area contributed by atoms with E-state index >= 15 is 0 Å². The maximum absolute atomic E-state index is 11.9. The van der Waals surface area contributed by atoms with Crippen LogP contribution >= 0.6 is 0 Å². The molecule has 17 heavy (non-hydrogen) atoms. The van der Waals surface area contributed by atoms with Gasteiger partial charge in [0, 0.05) is 12.1 Å². The van der Waals surface area contributed by atoms with E-state index < -0.39 is 5.97 Å². The molecule has 0 saturated heterocycles. The van der Waals surface area contributed by atoms with Crippen molar-refractivity contribution in [2.24, 2.45) is 0 Å². The normalized spacial score (nSPS) is 11.3. The lowest BCUT2D eigenvalue weighted by Gasteiger charge is -2.35. The molecule has 0 unspecified atom stereocenters. The van der Waals surface area contributed by atoms with Crippen LogP contribution < -0.4 is 5.32 Å². The molecule has 0 radical (unpaired) electrons. The first-order valence-electron chi connectivity index (χ1n) is 6.02. The molecule has 0 aromatic carbocycles. The van der Waals surface area contributed by atoms with Gasteiger partial charge >= 0.3 is 5.97 Å². The maximum Gasteiger partial charge on any atom is 0.305 e. The van der Waals surface area contributed by atoms with Crippen molar-refractivity contribution < 1.29 is 14.7 Å². The summed E-state index contributed by atoms with van der Waals surface area (Å²) in [7, 11) is 0. The molecule has 0 atom stereocenters. The van der Waals surface area contributed by atoms with Gasteiger partial charge in [-0.1, -0.05) is 6.92 Å². The third kappa shape index (κ3) is 6.94. The average Bonchev–Trinajstić information content (AvgIpc) is 2.15. The topological polar surface area (TPSA) is 69.6 Å². The highest BCUT2D eigenvalue weighted by Gasteiger charge is 2.26. The van der Waals surface area contributed by atoms with E-state index in [1.54, 1.807) is 4.90 Å². The number of carbonyl (C=O) groups is 2. The summed E-state index contributed by atoms with van der Waals surface area (Å²) < 4.78 is 0. The van der Waals surface area contributed by atoms with Crippen molar-refractivity contribution in [2.75, 3.05) is 19.6 Å². The highest BCUT2D eigenvalue weighted by atomic mass is 16.4. The van der Waals surface area contributed by atoms with Crippen LogP contribution in [0.5, 0.6) is 0 Å². The molecule has 2 N–H and O–H groups in total. The van der Waals surface area contributed by atoms with Crippen LogP contribution in [0.3, 0.4) is 0 Å². The van der Waals surface area contributed by atoms with Crippen molar-refractivity contribution in [3.8, 4) is 0 Å². The Bertz CT molecular complexity index is 259. The maximum atomic E-state index is 11.9. The number of carboxylic acid groups (broad SMARTS) is 1. The van der Waals surface area contributed by atoms with Crippen LogP contribution in [0.15, 0.2) is 0 Å². The molecule has 0 heterocycles. The fraction of sp³-hybridized carbons (Fsp3) is 0.833. The van der Waals surface area contributed by atoms with Gasteiger partial charge in [0.05, 0.1) is 13.0 Å². The second kappa shape index (κ2) is 7.27. The smallest absolute Gasteiger partial charge is 0.305 e. The number of rotatable bonds is 7. The lowest BCUT2D eigenvalue weighted by Crippen LogP contribution is -2.49. The first kappa shape index (κ1) is 15.9. The van der Waals surface area contributed by atoms with Crippen LogP contribution in [0.4, 0.5) is 0 Å². The average molecular weight is 244 g/mol. The van der Waals surface area contributed by atoms with Crippen LogP contribution in [0.25, 0.3) is 0 Å². The third-order valence-corrected chi connectivity index (χ3v) is 2.36. The molecular weight excluding hydrogens is 220 g/mol. The second-order valence-corrected chi connectivity index (χ2v) is 5.04. The highest BCUT2D eigenvalue weighted by molar-refractivity contribution is 5.79. The van der Waals surface area contributed by atoms with Gasteiger partial charge in [-0.15, -0.1) is 0 Å². The Morgan fingerprint density at radius 3 is 2.29 bits per heavy atom. The summed E-state index contributed by atoms with van der Waals surface area (Å²) in [4.78, 5) is 24.1. The fourth-order valence-electron chi connectivity index (χ4n) is 1.51. The minimum absolute atomic E-state index is 0.0171. The molecular formula is C12H24N2O3. The quantitative estimate of drug-likeness (QED) is 0.658. The molecule has 0 aliphatic carbocycles. The van der Waals surface area contributed by atoms with E-state index in [0.29, 0.717) is 0 Å². The highest BCUT2D eigenvalue weighted by Crippen LogP contribution is 2.13. The Kier molecular flexibility index (Phi) is 6.80. The van der Waals surface area contributed by atoms with Gasteiger partial charge in [0.15, 0.2) is 0 Å². The predicted molar refractivity (Wildman–Crippen MR) is 66.9 cm³/mol. The number of nitrogens with zero attached hydrogens (tertiary/aromatic N) is 1. The zero-order valence-corrected chi connectivity index (χ0v) is 11.2. The minimum atomic E-state index is -0.881. The number of carboxylic acids is 1. The van der Waals surface area contributed by atoms with Gasteiger partial charge in [0.25, 0.3) is 0 Å². The third-order valence-electron chi connectivity index (χ3n) is 2.36. The number of hydrogen-bond acceptors (Lipinski definition) is 3. The largest absolute Gasteiger partial charge is 0.481 e. The summed E-state index contributed by atoms with van der Waals surface area (Å²) in [5.41, 5.74) is -0.347. The van der Waals surface area contributed by atoms with E-state index in [9.17, 15) is 9.59 Å². The van der Waals surface area contributed by atoms with Gasteiger partial charge in [0.2, 0.25) is 5.91 Å². The Labute approximate surface area is 103 Å². The Hall–Kier alpha value is -1.10. The number of aliphatic carboxylic acids is 1. The van der Waals surface area contributed by atoms with Gasteiger partial charge in [0.1, 0.15) is 0 Å². The standard InChI is InChI=1S/C12H24N2O3/c1-5-7-13-9-10(15)14(12(2,3)4)8-6-11(16)17/h13H,5-9H2,1-4H3,(H,16,17). The number of carbonyl (C=O) groups excluding carboxylic acids is 1. The molecule has 1 amide bonds. The van der Waals surface area contributed by atoms with Crippen molar-refractivity contribution in [1.82, 2.24) is 10.2 Å².